The van der Waals surface area contributed by atoms with E-state index >= 15 is 0 Å². The largest absolute Gasteiger partial charge is 0.371 e. The van der Waals surface area contributed by atoms with Gasteiger partial charge in [-0.1, -0.05) is 18.1 Å². The number of pyridine rings is 1. The molecule has 18 heavy (non-hydrogen) atoms. The number of nitro groups is 1. The van der Waals surface area contributed by atoms with E-state index in [2.05, 4.69) is 16.2 Å². The minimum atomic E-state index is -0.441. The molecule has 0 amide bonds. The lowest BCUT2D eigenvalue weighted by Crippen LogP contribution is -2.12. The number of benzene rings is 1. The minimum absolute atomic E-state index is 0.00971. The van der Waals surface area contributed by atoms with Crippen molar-refractivity contribution in [2.45, 2.75) is 13.0 Å². The van der Waals surface area contributed by atoms with Gasteiger partial charge in [-0.15, -0.1) is 6.42 Å². The van der Waals surface area contributed by atoms with Crippen molar-refractivity contribution in [2.24, 2.45) is 0 Å². The predicted octanol–water partition coefficient (Wildman–Crippen LogP) is 2.58. The summed E-state index contributed by atoms with van der Waals surface area (Å²) in [6, 6.07) is 6.44. The quantitative estimate of drug-likeness (QED) is 0.509. The molecule has 90 valence electrons. The molecule has 0 aliphatic heterocycles. The van der Waals surface area contributed by atoms with Gasteiger partial charge in [-0.3, -0.25) is 10.1 Å². The van der Waals surface area contributed by atoms with E-state index in [9.17, 15) is 10.1 Å². The van der Waals surface area contributed by atoms with Crippen molar-refractivity contribution >= 4 is 22.3 Å². The number of nitrogens with one attached hydrogen (secondary N) is 1. The van der Waals surface area contributed by atoms with Crippen LogP contribution in [-0.2, 0) is 0 Å². The smallest absolute Gasteiger partial charge is 0.295 e. The highest BCUT2D eigenvalue weighted by molar-refractivity contribution is 5.96. The summed E-state index contributed by atoms with van der Waals surface area (Å²) in [5, 5.41) is 14.7. The molecule has 5 heteroatoms. The van der Waals surface area contributed by atoms with Crippen LogP contribution in [0, 0.1) is 22.5 Å². The van der Waals surface area contributed by atoms with E-state index in [0.717, 1.165) is 5.69 Å². The highest BCUT2D eigenvalue weighted by atomic mass is 16.6. The maximum absolute atomic E-state index is 10.9. The molecule has 2 aromatic rings. The molecule has 0 spiro atoms. The summed E-state index contributed by atoms with van der Waals surface area (Å²) < 4.78 is 0. The molecular weight excluding hydrogens is 230 g/mol. The number of para-hydroxylation sites is 1. The molecule has 1 atom stereocenters. The first kappa shape index (κ1) is 11.9. The van der Waals surface area contributed by atoms with Crippen LogP contribution in [0.2, 0.25) is 0 Å². The van der Waals surface area contributed by atoms with Crippen LogP contribution in [-0.4, -0.2) is 15.9 Å². The highest BCUT2D eigenvalue weighted by Gasteiger charge is 2.14. The number of hydrogen-bond acceptors (Lipinski definition) is 4. The fourth-order valence-corrected chi connectivity index (χ4v) is 1.71. The van der Waals surface area contributed by atoms with Crippen LogP contribution in [0.15, 0.2) is 30.5 Å². The SMILES string of the molecule is C#CC(C)Nc1ccnc2c([N+](=O)[O-])cccc12. The molecule has 0 radical (unpaired) electrons. The van der Waals surface area contributed by atoms with Crippen molar-refractivity contribution in [1.82, 2.24) is 4.98 Å². The van der Waals surface area contributed by atoms with Crippen LogP contribution < -0.4 is 5.32 Å². The summed E-state index contributed by atoms with van der Waals surface area (Å²) >= 11 is 0. The van der Waals surface area contributed by atoms with Crippen LogP contribution in [0.25, 0.3) is 10.9 Å². The van der Waals surface area contributed by atoms with Crippen LogP contribution in [0.4, 0.5) is 11.4 Å². The topological polar surface area (TPSA) is 68.1 Å². The molecule has 1 unspecified atom stereocenters. The molecule has 0 aliphatic rings. The van der Waals surface area contributed by atoms with Crippen molar-refractivity contribution in [3.05, 3.63) is 40.6 Å². The van der Waals surface area contributed by atoms with Gasteiger partial charge in [0.1, 0.15) is 5.52 Å². The van der Waals surface area contributed by atoms with Crippen LogP contribution in [0.3, 0.4) is 0 Å². The Hall–Kier alpha value is -2.61. The van der Waals surface area contributed by atoms with Crippen molar-refractivity contribution in [3.8, 4) is 12.3 Å². The number of nitro benzene ring substituents is 1. The Labute approximate surface area is 104 Å². The first-order valence-electron chi connectivity index (χ1n) is 5.38. The summed E-state index contributed by atoms with van der Waals surface area (Å²) in [6.45, 7) is 1.84. The summed E-state index contributed by atoms with van der Waals surface area (Å²) in [4.78, 5) is 14.5. The molecule has 1 aromatic heterocycles. The maximum atomic E-state index is 10.9. The number of anilines is 1. The maximum Gasteiger partial charge on any atom is 0.295 e. The fourth-order valence-electron chi connectivity index (χ4n) is 1.71. The van der Waals surface area contributed by atoms with Gasteiger partial charge in [0, 0.05) is 23.3 Å². The molecule has 0 aliphatic carbocycles. The molecular formula is C13H11N3O2. The zero-order valence-corrected chi connectivity index (χ0v) is 9.75. The minimum Gasteiger partial charge on any atom is -0.371 e. The van der Waals surface area contributed by atoms with Crippen molar-refractivity contribution in [2.75, 3.05) is 5.32 Å². The predicted molar refractivity (Wildman–Crippen MR) is 70.3 cm³/mol. The highest BCUT2D eigenvalue weighted by Crippen LogP contribution is 2.28. The van der Waals surface area contributed by atoms with Gasteiger partial charge in [0.2, 0.25) is 0 Å². The van der Waals surface area contributed by atoms with E-state index in [-0.39, 0.29) is 11.7 Å². The molecule has 5 nitrogen and oxygen atoms in total. The van der Waals surface area contributed by atoms with Gasteiger partial charge in [-0.25, -0.2) is 4.98 Å². The van der Waals surface area contributed by atoms with Gasteiger partial charge >= 0.3 is 0 Å². The molecule has 0 saturated carbocycles. The van der Waals surface area contributed by atoms with E-state index in [1.54, 1.807) is 18.2 Å². The molecule has 1 aromatic carbocycles. The lowest BCUT2D eigenvalue weighted by molar-refractivity contribution is -0.383. The molecule has 0 saturated heterocycles. The Morgan fingerprint density at radius 2 is 2.28 bits per heavy atom. The number of terminal acetylenes is 1. The number of fused-ring (bicyclic) bond motifs is 1. The van der Waals surface area contributed by atoms with Crippen molar-refractivity contribution in [1.29, 1.82) is 0 Å². The molecule has 0 bridgehead atoms. The van der Waals surface area contributed by atoms with Crippen molar-refractivity contribution in [3.63, 3.8) is 0 Å². The standard InChI is InChI=1S/C13H11N3O2/c1-3-9(2)15-11-7-8-14-13-10(11)5-4-6-12(13)16(17)18/h1,4-9H,2H3,(H,14,15). The third-order valence-corrected chi connectivity index (χ3v) is 2.57. The number of hydrogen-bond donors (Lipinski definition) is 1. The van der Waals surface area contributed by atoms with Gasteiger partial charge < -0.3 is 5.32 Å². The zero-order chi connectivity index (χ0) is 13.1. The Morgan fingerprint density at radius 1 is 1.50 bits per heavy atom. The normalized spacial score (nSPS) is 11.8. The van der Waals surface area contributed by atoms with E-state index in [1.807, 2.05) is 6.92 Å². The van der Waals surface area contributed by atoms with E-state index in [1.165, 1.54) is 12.3 Å². The number of non-ortho nitro benzene ring substituents is 1. The van der Waals surface area contributed by atoms with E-state index in [0.29, 0.717) is 10.9 Å². The van der Waals surface area contributed by atoms with Gasteiger partial charge in [0.25, 0.3) is 5.69 Å². The number of aromatic nitrogens is 1. The van der Waals surface area contributed by atoms with Crippen molar-refractivity contribution < 1.29 is 4.92 Å². The van der Waals surface area contributed by atoms with Gasteiger partial charge in [-0.2, -0.15) is 0 Å². The molecule has 2 rings (SSSR count). The molecule has 1 N–H and O–H groups in total. The van der Waals surface area contributed by atoms with Crippen LogP contribution >= 0.6 is 0 Å². The number of rotatable bonds is 3. The third-order valence-electron chi connectivity index (χ3n) is 2.57. The third kappa shape index (κ3) is 2.09. The Balaban J connectivity index is 2.61. The average molecular weight is 241 g/mol. The Morgan fingerprint density at radius 3 is 2.94 bits per heavy atom. The first-order valence-corrected chi connectivity index (χ1v) is 5.38. The second-order valence-electron chi connectivity index (χ2n) is 3.82. The van der Waals surface area contributed by atoms with Gasteiger partial charge in [0.15, 0.2) is 0 Å². The zero-order valence-electron chi connectivity index (χ0n) is 9.75. The summed E-state index contributed by atoms with van der Waals surface area (Å²) in [7, 11) is 0. The second-order valence-corrected chi connectivity index (χ2v) is 3.82. The lowest BCUT2D eigenvalue weighted by atomic mass is 10.1. The lowest BCUT2D eigenvalue weighted by Gasteiger charge is -2.11. The summed E-state index contributed by atoms with van der Waals surface area (Å²) in [5.74, 6) is 2.55. The van der Waals surface area contributed by atoms with Gasteiger partial charge in [0.05, 0.1) is 11.0 Å². The molecule has 1 heterocycles. The Kier molecular flexibility index (Phi) is 3.11. The van der Waals surface area contributed by atoms with E-state index < -0.39 is 4.92 Å². The first-order chi connectivity index (χ1) is 8.63. The van der Waals surface area contributed by atoms with E-state index in [4.69, 9.17) is 6.42 Å². The fraction of sp³-hybridized carbons (Fsp3) is 0.154. The summed E-state index contributed by atoms with van der Waals surface area (Å²) in [5.41, 5.74) is 1.09. The summed E-state index contributed by atoms with van der Waals surface area (Å²) in [6.07, 6.45) is 6.83. The second kappa shape index (κ2) is 4.72. The van der Waals surface area contributed by atoms with Crippen LogP contribution in [0.5, 0.6) is 0 Å². The van der Waals surface area contributed by atoms with Crippen LogP contribution in [0.1, 0.15) is 6.92 Å². The number of nitrogens with zero attached hydrogens (tertiary/aromatic N) is 2. The molecule has 0 fully saturated rings. The monoisotopic (exact) mass is 241 g/mol. The van der Waals surface area contributed by atoms with Gasteiger partial charge in [-0.05, 0) is 13.0 Å². The average Bonchev–Trinajstić information content (AvgIpc) is 2.38. The Bertz CT molecular complexity index is 646.